The van der Waals surface area contributed by atoms with Crippen molar-refractivity contribution in [2.75, 3.05) is 13.1 Å². The summed E-state index contributed by atoms with van der Waals surface area (Å²) in [7, 11) is 0. The maximum absolute atomic E-state index is 13.5. The Morgan fingerprint density at radius 2 is 1.79 bits per heavy atom. The second kappa shape index (κ2) is 8.78. The van der Waals surface area contributed by atoms with Crippen LogP contribution >= 0.6 is 0 Å². The van der Waals surface area contributed by atoms with Crippen LogP contribution < -0.4 is 14.7 Å². The lowest BCUT2D eigenvalue weighted by atomic mass is 10.0. The molecule has 0 bridgehead atoms. The predicted molar refractivity (Wildman–Crippen MR) is 109 cm³/mol. The van der Waals surface area contributed by atoms with Gasteiger partial charge in [-0.3, -0.25) is 4.79 Å². The van der Waals surface area contributed by atoms with Gasteiger partial charge >= 0.3 is 0 Å². The van der Waals surface area contributed by atoms with Crippen LogP contribution in [0, 0.1) is 17.7 Å². The van der Waals surface area contributed by atoms with Gasteiger partial charge in [-0.25, -0.2) is 4.39 Å². The molecular formula is C24H28FNO3. The van der Waals surface area contributed by atoms with E-state index in [4.69, 9.17) is 4.74 Å². The lowest BCUT2D eigenvalue weighted by Crippen LogP contribution is -3.11. The fraction of sp³-hybridized carbons (Fsp3) is 0.375. The minimum atomic E-state index is -0.383. The fourth-order valence-corrected chi connectivity index (χ4v) is 3.84. The van der Waals surface area contributed by atoms with E-state index in [1.807, 2.05) is 0 Å². The molecule has 154 valence electrons. The fourth-order valence-electron chi connectivity index (χ4n) is 3.84. The van der Waals surface area contributed by atoms with E-state index >= 15 is 0 Å². The molecule has 1 N–H and O–H groups in total. The molecule has 0 radical (unpaired) electrons. The summed E-state index contributed by atoms with van der Waals surface area (Å²) in [5.74, 6) is 0.671. The number of ether oxygens (including phenoxy) is 1. The van der Waals surface area contributed by atoms with Gasteiger partial charge in [-0.1, -0.05) is 51.6 Å². The van der Waals surface area contributed by atoms with Crippen LogP contribution in [0.2, 0.25) is 0 Å². The number of carbonyl (C=O) groups is 1. The molecule has 0 saturated heterocycles. The minimum Gasteiger partial charge on any atom is -0.872 e. The van der Waals surface area contributed by atoms with Crippen molar-refractivity contribution >= 4 is 11.9 Å². The van der Waals surface area contributed by atoms with Gasteiger partial charge in [0.25, 0.3) is 0 Å². The van der Waals surface area contributed by atoms with Crippen molar-refractivity contribution in [3.05, 3.63) is 64.7 Å². The lowest BCUT2D eigenvalue weighted by molar-refractivity contribution is -0.919. The number of ketones is 1. The van der Waals surface area contributed by atoms with Crippen molar-refractivity contribution in [3.8, 4) is 11.5 Å². The Hall–Kier alpha value is -2.66. The molecule has 0 fully saturated rings. The van der Waals surface area contributed by atoms with Crippen molar-refractivity contribution in [2.24, 2.45) is 11.8 Å². The molecule has 0 amide bonds. The molecule has 3 rings (SSSR count). The van der Waals surface area contributed by atoms with Gasteiger partial charge in [0.1, 0.15) is 18.1 Å². The van der Waals surface area contributed by atoms with Crippen LogP contribution in [0.15, 0.2) is 42.2 Å². The Balaban J connectivity index is 1.93. The lowest BCUT2D eigenvalue weighted by Gasteiger charge is -2.26. The van der Waals surface area contributed by atoms with Crippen molar-refractivity contribution in [2.45, 2.75) is 34.2 Å². The molecule has 2 aromatic carbocycles. The molecule has 1 heterocycles. The van der Waals surface area contributed by atoms with Gasteiger partial charge in [0.05, 0.1) is 18.7 Å². The molecular weight excluding hydrogens is 369 g/mol. The standard InChI is InChI=1S/C24H28FNO3/c1-15(2)12-26(13-16(3)4)14-20-21(27)9-8-19-23(28)22(29-24(19)20)11-17-6-5-7-18(25)10-17/h5-11,15-16,27H,12-14H2,1-4H3. The smallest absolute Gasteiger partial charge is 0.231 e. The average Bonchev–Trinajstić information content (AvgIpc) is 2.92. The van der Waals surface area contributed by atoms with E-state index in [-0.39, 0.29) is 23.1 Å². The first-order valence-electron chi connectivity index (χ1n) is 10.1. The van der Waals surface area contributed by atoms with Crippen molar-refractivity contribution in [1.29, 1.82) is 0 Å². The summed E-state index contributed by atoms with van der Waals surface area (Å²) in [4.78, 5) is 14.1. The van der Waals surface area contributed by atoms with E-state index in [9.17, 15) is 14.3 Å². The molecule has 0 aromatic heterocycles. The Morgan fingerprint density at radius 3 is 2.41 bits per heavy atom. The van der Waals surface area contributed by atoms with E-state index in [1.165, 1.54) is 35.2 Å². The molecule has 4 nitrogen and oxygen atoms in total. The van der Waals surface area contributed by atoms with Crippen molar-refractivity contribution in [3.63, 3.8) is 0 Å². The molecule has 2 aromatic rings. The van der Waals surface area contributed by atoms with E-state index < -0.39 is 0 Å². The number of nitrogens with one attached hydrogen (secondary N) is 1. The number of carbonyl (C=O) groups excluding carboxylic acids is 1. The van der Waals surface area contributed by atoms with Gasteiger partial charge < -0.3 is 14.7 Å². The van der Waals surface area contributed by atoms with Crippen molar-refractivity contribution < 1.29 is 23.9 Å². The summed E-state index contributed by atoms with van der Waals surface area (Å²) < 4.78 is 19.3. The number of halogens is 1. The predicted octanol–water partition coefficient (Wildman–Crippen LogP) is 3.21. The van der Waals surface area contributed by atoms with Crippen LogP contribution in [0.3, 0.4) is 0 Å². The molecule has 0 spiro atoms. The summed E-state index contributed by atoms with van der Waals surface area (Å²) >= 11 is 0. The van der Waals surface area contributed by atoms with Crippen LogP contribution in [-0.4, -0.2) is 18.9 Å². The first-order valence-corrected chi connectivity index (χ1v) is 10.1. The highest BCUT2D eigenvalue weighted by atomic mass is 19.1. The molecule has 1 aliphatic heterocycles. The number of Topliss-reactive ketones (excluding diaryl/α,β-unsaturated/α-hetero) is 1. The normalized spacial score (nSPS) is 14.9. The van der Waals surface area contributed by atoms with E-state index in [0.717, 1.165) is 13.1 Å². The van der Waals surface area contributed by atoms with Gasteiger partial charge in [-0.2, -0.15) is 0 Å². The first-order chi connectivity index (χ1) is 13.7. The maximum Gasteiger partial charge on any atom is 0.231 e. The average molecular weight is 397 g/mol. The van der Waals surface area contributed by atoms with Crippen LogP contribution in [0.1, 0.15) is 49.2 Å². The van der Waals surface area contributed by atoms with Gasteiger partial charge in [0.2, 0.25) is 5.78 Å². The number of quaternary nitrogens is 1. The van der Waals surface area contributed by atoms with Gasteiger partial charge in [-0.05, 0) is 29.8 Å². The molecule has 0 aliphatic carbocycles. The summed E-state index contributed by atoms with van der Waals surface area (Å²) in [5.41, 5.74) is 1.47. The quantitative estimate of drug-likeness (QED) is 0.730. The van der Waals surface area contributed by atoms with Crippen LogP contribution in [0.25, 0.3) is 6.08 Å². The molecule has 5 heteroatoms. The highest BCUT2D eigenvalue weighted by molar-refractivity contribution is 6.14. The Labute approximate surface area is 171 Å². The summed E-state index contributed by atoms with van der Waals surface area (Å²) in [6, 6.07) is 8.94. The number of fused-ring (bicyclic) bond motifs is 1. The van der Waals surface area contributed by atoms with E-state index in [1.54, 1.807) is 12.1 Å². The highest BCUT2D eigenvalue weighted by Crippen LogP contribution is 2.38. The second-order valence-electron chi connectivity index (χ2n) is 8.54. The van der Waals surface area contributed by atoms with Gasteiger partial charge in [-0.15, -0.1) is 0 Å². The molecule has 0 saturated carbocycles. The third kappa shape index (κ3) is 5.04. The highest BCUT2D eigenvalue weighted by Gasteiger charge is 2.31. The summed E-state index contributed by atoms with van der Waals surface area (Å²) in [5, 5.41) is 12.6. The van der Waals surface area contributed by atoms with E-state index in [2.05, 4.69) is 27.7 Å². The summed E-state index contributed by atoms with van der Waals surface area (Å²) in [6.45, 7) is 11.0. The van der Waals surface area contributed by atoms with Gasteiger partial charge in [0.15, 0.2) is 5.76 Å². The Bertz CT molecular complexity index is 924. The Kier molecular flexibility index (Phi) is 6.38. The third-order valence-corrected chi connectivity index (χ3v) is 4.87. The summed E-state index contributed by atoms with van der Waals surface area (Å²) in [6.07, 6.45) is 1.52. The number of allylic oxidation sites excluding steroid dienone is 1. The third-order valence-electron chi connectivity index (χ3n) is 4.87. The number of rotatable bonds is 7. The molecule has 1 aliphatic rings. The SMILES string of the molecule is CC(C)C[NH+](Cc1c([O-])ccc2c1OC(=Cc1cccc(F)c1)C2=O)CC(C)C. The van der Waals surface area contributed by atoms with Crippen LogP contribution in [0.5, 0.6) is 11.5 Å². The molecule has 0 atom stereocenters. The second-order valence-corrected chi connectivity index (χ2v) is 8.54. The largest absolute Gasteiger partial charge is 0.872 e. The molecule has 29 heavy (non-hydrogen) atoms. The minimum absolute atomic E-state index is 0.117. The maximum atomic E-state index is 13.5. The van der Waals surface area contributed by atoms with Crippen molar-refractivity contribution in [1.82, 2.24) is 0 Å². The van der Waals surface area contributed by atoms with Gasteiger partial charge in [0, 0.05) is 17.4 Å². The monoisotopic (exact) mass is 397 g/mol. The zero-order valence-electron chi connectivity index (χ0n) is 17.4. The number of hydrogen-bond acceptors (Lipinski definition) is 3. The first kappa shape index (κ1) is 21.1. The Morgan fingerprint density at radius 1 is 1.10 bits per heavy atom. The zero-order chi connectivity index (χ0) is 21.1. The van der Waals surface area contributed by atoms with Crippen LogP contribution in [0.4, 0.5) is 4.39 Å². The topological polar surface area (TPSA) is 53.8 Å². The number of hydrogen-bond donors (Lipinski definition) is 1. The van der Waals surface area contributed by atoms with Crippen LogP contribution in [-0.2, 0) is 6.54 Å². The number of benzene rings is 2. The zero-order valence-corrected chi connectivity index (χ0v) is 17.4. The molecule has 0 unspecified atom stereocenters. The van der Waals surface area contributed by atoms with E-state index in [0.29, 0.717) is 40.8 Å².